The molecule has 0 aromatic heterocycles. The van der Waals surface area contributed by atoms with E-state index >= 15 is 0 Å². The van der Waals surface area contributed by atoms with Gasteiger partial charge in [-0.1, -0.05) is 0 Å². The van der Waals surface area contributed by atoms with E-state index in [1.807, 2.05) is 0 Å². The number of rotatable bonds is 10. The second-order valence-corrected chi connectivity index (χ2v) is 5.64. The van der Waals surface area contributed by atoms with Crippen molar-refractivity contribution in [2.24, 2.45) is 0 Å². The van der Waals surface area contributed by atoms with Crippen molar-refractivity contribution in [2.75, 3.05) is 6.54 Å². The first-order valence-corrected chi connectivity index (χ1v) is 7.71. The third kappa shape index (κ3) is 7.16. The van der Waals surface area contributed by atoms with Crippen LogP contribution in [0.15, 0.2) is 0 Å². The number of nitrogens with one attached hydrogen (secondary N) is 3. The van der Waals surface area contributed by atoms with Gasteiger partial charge >= 0.3 is 17.9 Å². The summed E-state index contributed by atoms with van der Waals surface area (Å²) >= 11 is 0. The Labute approximate surface area is 142 Å². The van der Waals surface area contributed by atoms with Crippen molar-refractivity contribution >= 4 is 29.7 Å². The van der Waals surface area contributed by atoms with Gasteiger partial charge in [-0.3, -0.25) is 19.2 Å². The first-order valence-electron chi connectivity index (χ1n) is 7.71. The van der Waals surface area contributed by atoms with Crippen LogP contribution in [-0.2, 0) is 24.0 Å². The lowest BCUT2D eigenvalue weighted by atomic mass is 10.1. The fraction of sp³-hybridized carbons (Fsp3) is 0.643. The van der Waals surface area contributed by atoms with E-state index in [0.717, 1.165) is 6.42 Å². The Hall–Kier alpha value is -2.69. The van der Waals surface area contributed by atoms with Crippen LogP contribution in [0.3, 0.4) is 0 Å². The molecule has 3 atom stereocenters. The van der Waals surface area contributed by atoms with Gasteiger partial charge in [0.05, 0.1) is 12.5 Å². The molecule has 0 bridgehead atoms. The SMILES string of the molecule is O=C(O)CC[C@H](NC(=O)[C@H](CC(=O)O)NC(=O)[C@@H]1CCCN1)C(=O)O. The molecule has 1 saturated heterocycles. The van der Waals surface area contributed by atoms with Crippen LogP contribution in [0.2, 0.25) is 0 Å². The molecule has 11 nitrogen and oxygen atoms in total. The summed E-state index contributed by atoms with van der Waals surface area (Å²) in [4.78, 5) is 56.8. The fourth-order valence-corrected chi connectivity index (χ4v) is 2.36. The zero-order valence-electron chi connectivity index (χ0n) is 13.4. The van der Waals surface area contributed by atoms with Crippen molar-refractivity contribution in [1.82, 2.24) is 16.0 Å². The van der Waals surface area contributed by atoms with Crippen LogP contribution >= 0.6 is 0 Å². The molecule has 1 fully saturated rings. The molecule has 2 amide bonds. The number of aliphatic carboxylic acids is 3. The number of amides is 2. The van der Waals surface area contributed by atoms with Crippen LogP contribution in [0.5, 0.6) is 0 Å². The average molecular weight is 359 g/mol. The predicted molar refractivity (Wildman–Crippen MR) is 81.6 cm³/mol. The summed E-state index contributed by atoms with van der Waals surface area (Å²) in [6.45, 7) is 0.629. The van der Waals surface area contributed by atoms with Gasteiger partial charge in [0.15, 0.2) is 0 Å². The highest BCUT2D eigenvalue weighted by Gasteiger charge is 2.31. The lowest BCUT2D eigenvalue weighted by molar-refractivity contribution is -0.144. The van der Waals surface area contributed by atoms with Crippen LogP contribution < -0.4 is 16.0 Å². The topological polar surface area (TPSA) is 182 Å². The van der Waals surface area contributed by atoms with Crippen LogP contribution in [0.4, 0.5) is 0 Å². The van der Waals surface area contributed by atoms with E-state index in [2.05, 4.69) is 16.0 Å². The number of carboxylic acids is 3. The van der Waals surface area contributed by atoms with Crippen LogP contribution in [0.25, 0.3) is 0 Å². The standard InChI is InChI=1S/C14H21N3O8/c18-10(19)4-3-8(14(24)25)16-13(23)9(6-11(20)21)17-12(22)7-2-1-5-15-7/h7-9,15H,1-6H2,(H,16,23)(H,17,22)(H,18,19)(H,20,21)(H,24,25)/t7-,8-,9-/m0/s1. The number of carbonyl (C=O) groups excluding carboxylic acids is 2. The van der Waals surface area contributed by atoms with Crippen LogP contribution in [0.1, 0.15) is 32.1 Å². The van der Waals surface area contributed by atoms with Gasteiger partial charge in [-0.25, -0.2) is 4.79 Å². The number of carboxylic acid groups (broad SMARTS) is 3. The Balaban J connectivity index is 2.72. The second kappa shape index (κ2) is 9.57. The number of hydrogen-bond acceptors (Lipinski definition) is 6. The van der Waals surface area contributed by atoms with Crippen molar-refractivity contribution in [3.8, 4) is 0 Å². The van der Waals surface area contributed by atoms with E-state index in [9.17, 15) is 24.0 Å². The normalized spacial score (nSPS) is 18.8. The van der Waals surface area contributed by atoms with Crippen molar-refractivity contribution in [1.29, 1.82) is 0 Å². The summed E-state index contributed by atoms with van der Waals surface area (Å²) in [6.07, 6.45) is -0.267. The minimum Gasteiger partial charge on any atom is -0.481 e. The molecule has 11 heteroatoms. The highest BCUT2D eigenvalue weighted by molar-refractivity contribution is 5.94. The first kappa shape index (κ1) is 20.4. The molecule has 0 radical (unpaired) electrons. The number of hydrogen-bond donors (Lipinski definition) is 6. The first-order chi connectivity index (χ1) is 11.7. The molecule has 1 aliphatic heterocycles. The number of carbonyl (C=O) groups is 5. The summed E-state index contributed by atoms with van der Waals surface area (Å²) in [7, 11) is 0. The van der Waals surface area contributed by atoms with E-state index in [0.29, 0.717) is 13.0 Å². The molecule has 0 aromatic carbocycles. The summed E-state index contributed by atoms with van der Waals surface area (Å²) in [6, 6.07) is -3.49. The molecule has 0 aromatic rings. The van der Waals surface area contributed by atoms with Gasteiger partial charge in [0.2, 0.25) is 11.8 Å². The Bertz CT molecular complexity index is 544. The van der Waals surface area contributed by atoms with E-state index in [4.69, 9.17) is 15.3 Å². The van der Waals surface area contributed by atoms with Gasteiger partial charge in [0, 0.05) is 6.42 Å². The van der Waals surface area contributed by atoms with Crippen LogP contribution in [0, 0.1) is 0 Å². The second-order valence-electron chi connectivity index (χ2n) is 5.64. The summed E-state index contributed by atoms with van der Waals surface area (Å²) in [5.41, 5.74) is 0. The molecular formula is C14H21N3O8. The third-order valence-corrected chi connectivity index (χ3v) is 3.65. The molecular weight excluding hydrogens is 338 g/mol. The lowest BCUT2D eigenvalue weighted by Crippen LogP contribution is -2.55. The Morgan fingerprint density at radius 3 is 2.16 bits per heavy atom. The molecule has 0 aliphatic carbocycles. The highest BCUT2D eigenvalue weighted by atomic mass is 16.4. The molecule has 6 N–H and O–H groups in total. The van der Waals surface area contributed by atoms with Crippen LogP contribution in [-0.4, -0.2) is 69.7 Å². The maximum Gasteiger partial charge on any atom is 0.326 e. The van der Waals surface area contributed by atoms with Gasteiger partial charge in [0.1, 0.15) is 12.1 Å². The molecule has 25 heavy (non-hydrogen) atoms. The minimum atomic E-state index is -1.50. The fourth-order valence-electron chi connectivity index (χ4n) is 2.36. The maximum absolute atomic E-state index is 12.2. The maximum atomic E-state index is 12.2. The lowest BCUT2D eigenvalue weighted by Gasteiger charge is -2.21. The third-order valence-electron chi connectivity index (χ3n) is 3.65. The van der Waals surface area contributed by atoms with Gasteiger partial charge in [-0.15, -0.1) is 0 Å². The summed E-state index contributed by atoms with van der Waals surface area (Å²) in [5, 5.41) is 33.8. The zero-order chi connectivity index (χ0) is 19.0. The Morgan fingerprint density at radius 1 is 1.00 bits per heavy atom. The van der Waals surface area contributed by atoms with Crippen molar-refractivity contribution < 1.29 is 39.3 Å². The Kier molecular flexibility index (Phi) is 7.79. The van der Waals surface area contributed by atoms with Crippen molar-refractivity contribution in [2.45, 2.75) is 50.2 Å². The Morgan fingerprint density at radius 2 is 1.68 bits per heavy atom. The predicted octanol–water partition coefficient (Wildman–Crippen LogP) is -1.87. The van der Waals surface area contributed by atoms with E-state index in [1.54, 1.807) is 0 Å². The molecule has 1 heterocycles. The molecule has 0 spiro atoms. The molecule has 1 rings (SSSR count). The largest absolute Gasteiger partial charge is 0.481 e. The summed E-state index contributed by atoms with van der Waals surface area (Å²) in [5.74, 6) is -5.57. The zero-order valence-corrected chi connectivity index (χ0v) is 13.4. The molecule has 140 valence electrons. The molecule has 1 aliphatic rings. The smallest absolute Gasteiger partial charge is 0.326 e. The quantitative estimate of drug-likeness (QED) is 0.260. The summed E-state index contributed by atoms with van der Waals surface area (Å²) < 4.78 is 0. The van der Waals surface area contributed by atoms with Crippen molar-refractivity contribution in [3.05, 3.63) is 0 Å². The monoisotopic (exact) mass is 359 g/mol. The van der Waals surface area contributed by atoms with E-state index < -0.39 is 60.7 Å². The van der Waals surface area contributed by atoms with E-state index in [-0.39, 0.29) is 6.42 Å². The van der Waals surface area contributed by atoms with Gasteiger partial charge < -0.3 is 31.3 Å². The average Bonchev–Trinajstić information content (AvgIpc) is 3.03. The van der Waals surface area contributed by atoms with E-state index in [1.165, 1.54) is 0 Å². The minimum absolute atomic E-state index is 0.367. The van der Waals surface area contributed by atoms with Gasteiger partial charge in [-0.2, -0.15) is 0 Å². The van der Waals surface area contributed by atoms with Crippen molar-refractivity contribution in [3.63, 3.8) is 0 Å². The van der Waals surface area contributed by atoms with Gasteiger partial charge in [-0.05, 0) is 25.8 Å². The molecule has 0 unspecified atom stereocenters. The highest BCUT2D eigenvalue weighted by Crippen LogP contribution is 2.06. The molecule has 0 saturated carbocycles. The van der Waals surface area contributed by atoms with Gasteiger partial charge in [0.25, 0.3) is 0 Å².